The number of anilines is 1. The minimum atomic E-state index is -0.785. The normalized spacial score (nSPS) is 19.3. The maximum Gasteiger partial charge on any atom is 0.256 e. The first-order valence-corrected chi connectivity index (χ1v) is 11.9. The summed E-state index contributed by atoms with van der Waals surface area (Å²) in [5.41, 5.74) is -0.00914. The number of likely N-dealkylation sites (tertiary alicyclic amines) is 1. The number of ether oxygens (including phenoxy) is 2. The minimum Gasteiger partial charge on any atom is -0.494 e. The molecular formula is C25H42N2O3. The summed E-state index contributed by atoms with van der Waals surface area (Å²) in [4.78, 5) is 15.4. The summed E-state index contributed by atoms with van der Waals surface area (Å²) in [5, 5.41) is 3.02. The van der Waals surface area contributed by atoms with Crippen molar-refractivity contribution < 1.29 is 14.3 Å². The number of rotatable bonds is 13. The SMILES string of the molecule is CCCC[C@@](C)(OCCC)C(=O)Nc1ccc(OCCCN2CCC[C@H](C)C2)cc1. The first-order chi connectivity index (χ1) is 14.5. The molecule has 0 radical (unpaired) electrons. The molecule has 0 spiro atoms. The molecule has 1 aliphatic heterocycles. The van der Waals surface area contributed by atoms with Crippen molar-refractivity contribution in [3.63, 3.8) is 0 Å². The van der Waals surface area contributed by atoms with Crippen LogP contribution in [0.4, 0.5) is 5.69 Å². The average molecular weight is 419 g/mol. The van der Waals surface area contributed by atoms with Gasteiger partial charge in [0.15, 0.2) is 0 Å². The third-order valence-corrected chi connectivity index (χ3v) is 5.85. The summed E-state index contributed by atoms with van der Waals surface area (Å²) >= 11 is 0. The standard InChI is InChI=1S/C25H42N2O3/c1-5-7-15-25(4,30-18-6-2)24(28)26-22-11-13-23(14-12-22)29-19-9-17-27-16-8-10-21(3)20-27/h11-14,21H,5-10,15-20H2,1-4H3,(H,26,28)/t21-,25+/m0/s1. The number of hydrogen-bond donors (Lipinski definition) is 1. The van der Waals surface area contributed by atoms with Gasteiger partial charge in [0.2, 0.25) is 0 Å². The molecule has 5 heteroatoms. The molecule has 2 atom stereocenters. The average Bonchev–Trinajstić information content (AvgIpc) is 2.75. The summed E-state index contributed by atoms with van der Waals surface area (Å²) < 4.78 is 11.8. The van der Waals surface area contributed by atoms with E-state index >= 15 is 0 Å². The molecule has 0 bridgehead atoms. The van der Waals surface area contributed by atoms with Crippen LogP contribution in [0.25, 0.3) is 0 Å². The van der Waals surface area contributed by atoms with E-state index in [4.69, 9.17) is 9.47 Å². The second-order valence-corrected chi connectivity index (χ2v) is 8.91. The lowest BCUT2D eigenvalue weighted by atomic mass is 9.97. The van der Waals surface area contributed by atoms with Crippen LogP contribution in [0.15, 0.2) is 24.3 Å². The third-order valence-electron chi connectivity index (χ3n) is 5.85. The predicted octanol–water partition coefficient (Wildman–Crippen LogP) is 5.50. The zero-order chi connectivity index (χ0) is 21.8. The van der Waals surface area contributed by atoms with E-state index in [1.807, 2.05) is 31.2 Å². The Kier molecular flexibility index (Phi) is 10.7. The molecule has 1 heterocycles. The quantitative estimate of drug-likeness (QED) is 0.430. The molecule has 1 N–H and O–H groups in total. The molecule has 1 aromatic rings. The van der Waals surface area contributed by atoms with Gasteiger partial charge < -0.3 is 19.7 Å². The molecule has 1 aromatic carbocycles. The largest absolute Gasteiger partial charge is 0.494 e. The number of unbranched alkanes of at least 4 members (excludes halogenated alkanes) is 1. The molecule has 5 nitrogen and oxygen atoms in total. The van der Waals surface area contributed by atoms with E-state index in [-0.39, 0.29) is 5.91 Å². The van der Waals surface area contributed by atoms with Crippen LogP contribution in [0.3, 0.4) is 0 Å². The van der Waals surface area contributed by atoms with Gasteiger partial charge in [-0.2, -0.15) is 0 Å². The number of nitrogens with one attached hydrogen (secondary N) is 1. The van der Waals surface area contributed by atoms with Crippen molar-refractivity contribution in [2.24, 2.45) is 5.92 Å². The Morgan fingerprint density at radius 3 is 2.60 bits per heavy atom. The maximum absolute atomic E-state index is 12.8. The lowest BCUT2D eigenvalue weighted by molar-refractivity contribution is -0.140. The summed E-state index contributed by atoms with van der Waals surface area (Å²) in [6.07, 6.45) is 7.35. The number of carbonyl (C=O) groups is 1. The van der Waals surface area contributed by atoms with E-state index in [1.54, 1.807) is 0 Å². The topological polar surface area (TPSA) is 50.8 Å². The Morgan fingerprint density at radius 1 is 1.17 bits per heavy atom. The smallest absolute Gasteiger partial charge is 0.256 e. The van der Waals surface area contributed by atoms with Gasteiger partial charge >= 0.3 is 0 Å². The Bertz CT molecular complexity index is 609. The van der Waals surface area contributed by atoms with Crippen LogP contribution in [0.1, 0.15) is 72.6 Å². The summed E-state index contributed by atoms with van der Waals surface area (Å²) in [5.74, 6) is 1.59. The van der Waals surface area contributed by atoms with Crippen molar-refractivity contribution in [2.45, 2.75) is 78.2 Å². The molecule has 1 aliphatic rings. The van der Waals surface area contributed by atoms with Crippen LogP contribution in [0.2, 0.25) is 0 Å². The van der Waals surface area contributed by atoms with Crippen molar-refractivity contribution >= 4 is 11.6 Å². The molecule has 170 valence electrons. The Hall–Kier alpha value is -1.59. The maximum atomic E-state index is 12.8. The van der Waals surface area contributed by atoms with Crippen LogP contribution in [0.5, 0.6) is 5.75 Å². The van der Waals surface area contributed by atoms with Gasteiger partial charge in [-0.15, -0.1) is 0 Å². The van der Waals surface area contributed by atoms with Crippen molar-refractivity contribution in [3.05, 3.63) is 24.3 Å². The number of hydrogen-bond acceptors (Lipinski definition) is 4. The highest BCUT2D eigenvalue weighted by Crippen LogP contribution is 2.23. The first-order valence-electron chi connectivity index (χ1n) is 11.9. The number of benzene rings is 1. The number of piperidine rings is 1. The van der Waals surface area contributed by atoms with E-state index in [2.05, 4.69) is 31.0 Å². The van der Waals surface area contributed by atoms with Gasteiger partial charge in [0, 0.05) is 25.4 Å². The van der Waals surface area contributed by atoms with Crippen molar-refractivity contribution in [1.82, 2.24) is 4.90 Å². The van der Waals surface area contributed by atoms with Crippen molar-refractivity contribution in [3.8, 4) is 5.75 Å². The lowest BCUT2D eigenvalue weighted by Gasteiger charge is -2.30. The van der Waals surface area contributed by atoms with Crippen LogP contribution >= 0.6 is 0 Å². The Labute approximate surface area is 183 Å². The minimum absolute atomic E-state index is 0.0752. The molecule has 30 heavy (non-hydrogen) atoms. The Morgan fingerprint density at radius 2 is 1.93 bits per heavy atom. The van der Waals surface area contributed by atoms with E-state index < -0.39 is 5.60 Å². The second kappa shape index (κ2) is 13.0. The molecule has 2 rings (SSSR count). The fraction of sp³-hybridized carbons (Fsp3) is 0.720. The zero-order valence-corrected chi connectivity index (χ0v) is 19.5. The van der Waals surface area contributed by atoms with Gasteiger partial charge in [-0.3, -0.25) is 4.79 Å². The highest BCUT2D eigenvalue weighted by molar-refractivity contribution is 5.97. The fourth-order valence-corrected chi connectivity index (χ4v) is 3.96. The number of nitrogens with zero attached hydrogens (tertiary/aromatic N) is 1. The molecule has 0 unspecified atom stereocenters. The van der Waals surface area contributed by atoms with E-state index in [1.165, 1.54) is 25.9 Å². The zero-order valence-electron chi connectivity index (χ0n) is 19.5. The summed E-state index contributed by atoms with van der Waals surface area (Å²) in [6.45, 7) is 13.3. The molecule has 0 saturated carbocycles. The lowest BCUT2D eigenvalue weighted by Crippen LogP contribution is -2.43. The van der Waals surface area contributed by atoms with Crippen molar-refractivity contribution in [1.29, 1.82) is 0 Å². The molecular weight excluding hydrogens is 376 g/mol. The first kappa shape index (κ1) is 24.7. The van der Waals surface area contributed by atoms with Crippen LogP contribution in [-0.4, -0.2) is 49.3 Å². The highest BCUT2D eigenvalue weighted by Gasteiger charge is 2.33. The van der Waals surface area contributed by atoms with Crippen LogP contribution < -0.4 is 10.1 Å². The molecule has 1 saturated heterocycles. The molecule has 0 aliphatic carbocycles. The van der Waals surface area contributed by atoms with E-state index in [9.17, 15) is 4.79 Å². The van der Waals surface area contributed by atoms with Crippen molar-refractivity contribution in [2.75, 3.05) is 38.2 Å². The summed E-state index contributed by atoms with van der Waals surface area (Å²) in [6, 6.07) is 7.66. The fourth-order valence-electron chi connectivity index (χ4n) is 3.96. The number of carbonyl (C=O) groups excluding carboxylic acids is 1. The highest BCUT2D eigenvalue weighted by atomic mass is 16.5. The van der Waals surface area contributed by atoms with E-state index in [0.29, 0.717) is 6.61 Å². The predicted molar refractivity (Wildman–Crippen MR) is 124 cm³/mol. The third kappa shape index (κ3) is 8.27. The summed E-state index contributed by atoms with van der Waals surface area (Å²) in [7, 11) is 0. The van der Waals surface area contributed by atoms with Gasteiger partial charge in [0.1, 0.15) is 11.4 Å². The molecule has 0 aromatic heterocycles. The Balaban J connectivity index is 1.77. The van der Waals surface area contributed by atoms with Gasteiger partial charge in [-0.1, -0.05) is 33.6 Å². The van der Waals surface area contributed by atoms with Gasteiger partial charge in [-0.05, 0) is 75.8 Å². The second-order valence-electron chi connectivity index (χ2n) is 8.91. The van der Waals surface area contributed by atoms with Gasteiger partial charge in [0.25, 0.3) is 5.91 Å². The monoisotopic (exact) mass is 418 g/mol. The van der Waals surface area contributed by atoms with Gasteiger partial charge in [-0.25, -0.2) is 0 Å². The number of amides is 1. The van der Waals surface area contributed by atoms with Crippen LogP contribution in [-0.2, 0) is 9.53 Å². The van der Waals surface area contributed by atoms with Crippen LogP contribution in [0, 0.1) is 5.92 Å². The molecule has 1 fully saturated rings. The van der Waals surface area contributed by atoms with Gasteiger partial charge in [0.05, 0.1) is 6.61 Å². The molecule has 1 amide bonds. The van der Waals surface area contributed by atoms with E-state index in [0.717, 1.165) is 62.6 Å².